The van der Waals surface area contributed by atoms with Crippen LogP contribution in [0.2, 0.25) is 0 Å². The second-order valence-corrected chi connectivity index (χ2v) is 4.60. The Morgan fingerprint density at radius 1 is 1.62 bits per heavy atom. The molecule has 0 radical (unpaired) electrons. The van der Waals surface area contributed by atoms with Gasteiger partial charge in [0.15, 0.2) is 11.7 Å². The van der Waals surface area contributed by atoms with Crippen molar-refractivity contribution >= 4 is 5.78 Å². The first kappa shape index (κ1) is 11.3. The summed E-state index contributed by atoms with van der Waals surface area (Å²) < 4.78 is 5.19. The molecule has 4 heteroatoms. The molecule has 1 aromatic rings. The lowest BCUT2D eigenvalue weighted by atomic mass is 9.96. The van der Waals surface area contributed by atoms with Crippen LogP contribution in [0.1, 0.15) is 48.5 Å². The van der Waals surface area contributed by atoms with Gasteiger partial charge < -0.3 is 10.2 Å². The number of aryl methyl sites for hydroxylation is 1. The minimum atomic E-state index is -0.435. The number of nitrogens with zero attached hydrogens (tertiary/aromatic N) is 1. The minimum Gasteiger partial charge on any atom is -0.438 e. The summed E-state index contributed by atoms with van der Waals surface area (Å²) in [5, 5.41) is 0. The van der Waals surface area contributed by atoms with E-state index < -0.39 is 6.04 Å². The molecule has 2 rings (SSSR count). The van der Waals surface area contributed by atoms with Gasteiger partial charge in [-0.2, -0.15) is 0 Å². The number of hydrogen-bond acceptors (Lipinski definition) is 4. The van der Waals surface area contributed by atoms with Gasteiger partial charge in [0.25, 0.3) is 0 Å². The van der Waals surface area contributed by atoms with E-state index in [2.05, 4.69) is 4.98 Å². The summed E-state index contributed by atoms with van der Waals surface area (Å²) in [6.07, 6.45) is 7.19. The largest absolute Gasteiger partial charge is 0.438 e. The van der Waals surface area contributed by atoms with Crippen LogP contribution >= 0.6 is 0 Å². The molecule has 0 spiro atoms. The molecule has 0 aliphatic heterocycles. The molecule has 2 N–H and O–H groups in total. The molecule has 4 nitrogen and oxygen atoms in total. The Hall–Kier alpha value is -1.16. The maximum Gasteiger partial charge on any atom is 0.216 e. The molecule has 0 saturated heterocycles. The highest BCUT2D eigenvalue weighted by Gasteiger charge is 2.24. The van der Waals surface area contributed by atoms with Gasteiger partial charge in [0.05, 0.1) is 12.2 Å². The number of aromatic nitrogens is 1. The average molecular weight is 222 g/mol. The van der Waals surface area contributed by atoms with Crippen LogP contribution in [0.3, 0.4) is 0 Å². The highest BCUT2D eigenvalue weighted by atomic mass is 16.4. The second kappa shape index (κ2) is 4.78. The van der Waals surface area contributed by atoms with Crippen LogP contribution in [0.15, 0.2) is 10.6 Å². The van der Waals surface area contributed by atoms with E-state index in [0.717, 1.165) is 6.42 Å². The first-order valence-corrected chi connectivity index (χ1v) is 5.89. The maximum absolute atomic E-state index is 11.9. The number of nitrogens with two attached hydrogens (primary N) is 1. The van der Waals surface area contributed by atoms with Crippen molar-refractivity contribution < 1.29 is 9.21 Å². The molecule has 1 unspecified atom stereocenters. The van der Waals surface area contributed by atoms with E-state index in [1.54, 1.807) is 6.92 Å². The van der Waals surface area contributed by atoms with Gasteiger partial charge in [-0.15, -0.1) is 0 Å². The minimum absolute atomic E-state index is 0.118. The number of Topliss-reactive ketones (excluding diaryl/α,β-unsaturated/α-hetero) is 1. The molecule has 16 heavy (non-hydrogen) atoms. The second-order valence-electron chi connectivity index (χ2n) is 4.60. The molecule has 0 bridgehead atoms. The van der Waals surface area contributed by atoms with Crippen LogP contribution < -0.4 is 5.73 Å². The SMILES string of the molecule is Cc1ncc(C(=O)C(N)CC2CCCC2)o1. The molecule has 1 saturated carbocycles. The zero-order valence-electron chi connectivity index (χ0n) is 9.61. The smallest absolute Gasteiger partial charge is 0.216 e. The van der Waals surface area contributed by atoms with Crippen molar-refractivity contribution in [2.24, 2.45) is 11.7 Å². The number of rotatable bonds is 4. The number of carbonyl (C=O) groups is 1. The van der Waals surface area contributed by atoms with E-state index in [4.69, 9.17) is 10.2 Å². The van der Waals surface area contributed by atoms with Crippen molar-refractivity contribution in [1.82, 2.24) is 4.98 Å². The van der Waals surface area contributed by atoms with Crippen molar-refractivity contribution in [1.29, 1.82) is 0 Å². The molecule has 1 aliphatic carbocycles. The zero-order chi connectivity index (χ0) is 11.5. The Morgan fingerprint density at radius 2 is 2.31 bits per heavy atom. The van der Waals surface area contributed by atoms with E-state index in [-0.39, 0.29) is 5.78 Å². The Morgan fingerprint density at radius 3 is 2.88 bits per heavy atom. The summed E-state index contributed by atoms with van der Waals surface area (Å²) in [6.45, 7) is 1.72. The van der Waals surface area contributed by atoms with Crippen LogP contribution in [0.25, 0.3) is 0 Å². The van der Waals surface area contributed by atoms with Gasteiger partial charge in [0, 0.05) is 6.92 Å². The topological polar surface area (TPSA) is 69.1 Å². The molecular weight excluding hydrogens is 204 g/mol. The Bertz CT molecular complexity index is 367. The maximum atomic E-state index is 11.9. The average Bonchev–Trinajstić information content (AvgIpc) is 2.88. The van der Waals surface area contributed by atoms with Crippen molar-refractivity contribution in [3.05, 3.63) is 17.8 Å². The first-order chi connectivity index (χ1) is 7.66. The monoisotopic (exact) mass is 222 g/mol. The lowest BCUT2D eigenvalue weighted by Crippen LogP contribution is -2.32. The van der Waals surface area contributed by atoms with Crippen molar-refractivity contribution in [3.8, 4) is 0 Å². The fraction of sp³-hybridized carbons (Fsp3) is 0.667. The van der Waals surface area contributed by atoms with E-state index in [1.165, 1.54) is 31.9 Å². The zero-order valence-corrected chi connectivity index (χ0v) is 9.61. The highest BCUT2D eigenvalue weighted by molar-refractivity contribution is 5.97. The van der Waals surface area contributed by atoms with E-state index in [1.807, 2.05) is 0 Å². The summed E-state index contributed by atoms with van der Waals surface area (Å²) in [7, 11) is 0. The molecule has 0 amide bonds. The summed E-state index contributed by atoms with van der Waals surface area (Å²) in [5.74, 6) is 1.30. The van der Waals surface area contributed by atoms with Crippen LogP contribution in [-0.2, 0) is 0 Å². The fourth-order valence-electron chi connectivity index (χ4n) is 2.37. The predicted octanol–water partition coefficient (Wildman–Crippen LogP) is 2.07. The fourth-order valence-corrected chi connectivity index (χ4v) is 2.37. The Kier molecular flexibility index (Phi) is 3.39. The van der Waals surface area contributed by atoms with Gasteiger partial charge in [-0.3, -0.25) is 4.79 Å². The lowest BCUT2D eigenvalue weighted by molar-refractivity contribution is 0.0920. The molecule has 1 atom stereocenters. The van der Waals surface area contributed by atoms with Crippen molar-refractivity contribution in [3.63, 3.8) is 0 Å². The summed E-state index contributed by atoms with van der Waals surface area (Å²) in [6, 6.07) is -0.435. The van der Waals surface area contributed by atoms with Gasteiger partial charge >= 0.3 is 0 Å². The summed E-state index contributed by atoms with van der Waals surface area (Å²) >= 11 is 0. The molecular formula is C12H18N2O2. The quantitative estimate of drug-likeness (QED) is 0.792. The number of hydrogen-bond donors (Lipinski definition) is 1. The van der Waals surface area contributed by atoms with Gasteiger partial charge in [-0.1, -0.05) is 25.7 Å². The number of ketones is 1. The third kappa shape index (κ3) is 2.50. The first-order valence-electron chi connectivity index (χ1n) is 5.89. The van der Waals surface area contributed by atoms with E-state index >= 15 is 0 Å². The molecule has 1 aromatic heterocycles. The van der Waals surface area contributed by atoms with E-state index in [9.17, 15) is 4.79 Å². The summed E-state index contributed by atoms with van der Waals surface area (Å²) in [4.78, 5) is 15.8. The molecule has 1 heterocycles. The standard InChI is InChI=1S/C12H18N2O2/c1-8-14-7-11(16-8)12(15)10(13)6-9-4-2-3-5-9/h7,9-10H,2-6,13H2,1H3. The highest BCUT2D eigenvalue weighted by Crippen LogP contribution is 2.28. The van der Waals surface area contributed by atoms with Gasteiger partial charge in [-0.25, -0.2) is 4.98 Å². The third-order valence-corrected chi connectivity index (χ3v) is 3.26. The van der Waals surface area contributed by atoms with E-state index in [0.29, 0.717) is 17.6 Å². The summed E-state index contributed by atoms with van der Waals surface area (Å²) in [5.41, 5.74) is 5.90. The van der Waals surface area contributed by atoms with Crippen molar-refractivity contribution in [2.75, 3.05) is 0 Å². The van der Waals surface area contributed by atoms with Gasteiger partial charge in [0.2, 0.25) is 5.78 Å². The van der Waals surface area contributed by atoms with Crippen molar-refractivity contribution in [2.45, 2.75) is 45.1 Å². The lowest BCUT2D eigenvalue weighted by Gasteiger charge is -2.13. The normalized spacial score (nSPS) is 18.9. The van der Waals surface area contributed by atoms with Gasteiger partial charge in [0.1, 0.15) is 0 Å². The van der Waals surface area contributed by atoms with Crippen LogP contribution in [-0.4, -0.2) is 16.8 Å². The van der Waals surface area contributed by atoms with Crippen LogP contribution in [0.5, 0.6) is 0 Å². The molecule has 88 valence electrons. The number of carbonyl (C=O) groups excluding carboxylic acids is 1. The number of oxazole rings is 1. The molecule has 1 aliphatic rings. The Labute approximate surface area is 95.2 Å². The molecule has 1 fully saturated rings. The van der Waals surface area contributed by atoms with Gasteiger partial charge in [-0.05, 0) is 12.3 Å². The Balaban J connectivity index is 1.93. The van der Waals surface area contributed by atoms with Crippen LogP contribution in [0, 0.1) is 12.8 Å². The third-order valence-electron chi connectivity index (χ3n) is 3.26. The van der Waals surface area contributed by atoms with Crippen LogP contribution in [0.4, 0.5) is 0 Å². The molecule has 0 aromatic carbocycles. The predicted molar refractivity (Wildman–Crippen MR) is 60.1 cm³/mol.